The lowest BCUT2D eigenvalue weighted by molar-refractivity contribution is -0.148. The van der Waals surface area contributed by atoms with E-state index in [-0.39, 0.29) is 11.8 Å². The monoisotopic (exact) mass is 320 g/mol. The average Bonchev–Trinajstić information content (AvgIpc) is 2.37. The molecule has 122 valence electrons. The Labute approximate surface area is 125 Å². The molecule has 0 spiro atoms. The summed E-state index contributed by atoms with van der Waals surface area (Å²) in [6, 6.07) is 0. The van der Waals surface area contributed by atoms with Crippen molar-refractivity contribution in [3.05, 3.63) is 0 Å². The zero-order valence-electron chi connectivity index (χ0n) is 12.8. The number of rotatable bonds is 6. The fourth-order valence-electron chi connectivity index (χ4n) is 2.55. The molecule has 2 N–H and O–H groups in total. The van der Waals surface area contributed by atoms with Crippen molar-refractivity contribution in [3.63, 3.8) is 0 Å². The van der Waals surface area contributed by atoms with Crippen molar-refractivity contribution in [2.45, 2.75) is 45.1 Å². The molecule has 1 saturated heterocycles. The van der Waals surface area contributed by atoms with Crippen LogP contribution >= 0.6 is 0 Å². The first-order valence-corrected chi connectivity index (χ1v) is 8.95. The van der Waals surface area contributed by atoms with Crippen LogP contribution in [0.3, 0.4) is 0 Å². The van der Waals surface area contributed by atoms with Gasteiger partial charge in [0, 0.05) is 19.0 Å². The van der Waals surface area contributed by atoms with E-state index in [1.165, 1.54) is 11.2 Å². The van der Waals surface area contributed by atoms with E-state index in [0.717, 1.165) is 6.26 Å². The van der Waals surface area contributed by atoms with Crippen LogP contribution in [0.2, 0.25) is 0 Å². The van der Waals surface area contributed by atoms with Gasteiger partial charge in [0.25, 0.3) is 0 Å². The van der Waals surface area contributed by atoms with E-state index in [1.54, 1.807) is 0 Å². The number of nitrogens with one attached hydrogen (secondary N) is 1. The number of carboxylic acids is 1. The first kappa shape index (κ1) is 17.9. The van der Waals surface area contributed by atoms with Crippen LogP contribution in [0.25, 0.3) is 0 Å². The van der Waals surface area contributed by atoms with Crippen LogP contribution < -0.4 is 5.32 Å². The van der Waals surface area contributed by atoms with Gasteiger partial charge < -0.3 is 10.4 Å². The van der Waals surface area contributed by atoms with Crippen molar-refractivity contribution in [1.82, 2.24) is 9.62 Å². The molecule has 0 aromatic rings. The summed E-state index contributed by atoms with van der Waals surface area (Å²) in [6.07, 6.45) is 2.99. The zero-order valence-corrected chi connectivity index (χ0v) is 13.6. The molecule has 1 amide bonds. The molecule has 1 aliphatic rings. The third kappa shape index (κ3) is 4.67. The van der Waals surface area contributed by atoms with Crippen molar-refractivity contribution in [3.8, 4) is 0 Å². The van der Waals surface area contributed by atoms with Crippen molar-refractivity contribution in [2.75, 3.05) is 19.3 Å². The summed E-state index contributed by atoms with van der Waals surface area (Å²) >= 11 is 0. The molecule has 1 fully saturated rings. The SMILES string of the molecule is CCCC(C)(NC(=O)C1CCN(S(C)(=O)=O)CC1)C(=O)O. The Bertz CT molecular complexity index is 497. The number of carbonyl (C=O) groups is 2. The molecule has 1 unspecified atom stereocenters. The predicted molar refractivity (Wildman–Crippen MR) is 78.2 cm³/mol. The van der Waals surface area contributed by atoms with E-state index < -0.39 is 21.5 Å². The van der Waals surface area contributed by atoms with Crippen molar-refractivity contribution in [2.24, 2.45) is 5.92 Å². The van der Waals surface area contributed by atoms with Gasteiger partial charge in [-0.2, -0.15) is 0 Å². The second-order valence-corrected chi connectivity index (χ2v) is 7.80. The zero-order chi connectivity index (χ0) is 16.3. The lowest BCUT2D eigenvalue weighted by atomic mass is 9.92. The molecule has 7 nitrogen and oxygen atoms in total. The van der Waals surface area contributed by atoms with Crippen molar-refractivity contribution in [1.29, 1.82) is 0 Å². The molecule has 8 heteroatoms. The molecule has 0 aromatic carbocycles. The highest BCUT2D eigenvalue weighted by atomic mass is 32.2. The van der Waals surface area contributed by atoms with Crippen LogP contribution in [0, 0.1) is 5.92 Å². The number of amides is 1. The topological polar surface area (TPSA) is 104 Å². The number of hydrogen-bond acceptors (Lipinski definition) is 4. The number of nitrogens with zero attached hydrogens (tertiary/aromatic N) is 1. The Morgan fingerprint density at radius 3 is 2.24 bits per heavy atom. The fraction of sp³-hybridized carbons (Fsp3) is 0.846. The van der Waals surface area contributed by atoms with Crippen LogP contribution in [0.1, 0.15) is 39.5 Å². The van der Waals surface area contributed by atoms with Crippen LogP contribution in [0.15, 0.2) is 0 Å². The summed E-state index contributed by atoms with van der Waals surface area (Å²) in [5, 5.41) is 11.9. The van der Waals surface area contributed by atoms with E-state index in [2.05, 4.69) is 5.32 Å². The second-order valence-electron chi connectivity index (χ2n) is 5.81. The lowest BCUT2D eigenvalue weighted by Gasteiger charge is -2.32. The molecule has 0 radical (unpaired) electrons. The molecule has 0 aliphatic carbocycles. The Kier molecular flexibility index (Phi) is 5.75. The smallest absolute Gasteiger partial charge is 0.329 e. The predicted octanol–water partition coefficient (Wildman–Crippen LogP) is 0.418. The minimum Gasteiger partial charge on any atom is -0.480 e. The summed E-state index contributed by atoms with van der Waals surface area (Å²) in [6.45, 7) is 3.96. The Hall–Kier alpha value is -1.15. The van der Waals surface area contributed by atoms with Gasteiger partial charge in [-0.3, -0.25) is 4.79 Å². The van der Waals surface area contributed by atoms with Crippen molar-refractivity contribution < 1.29 is 23.1 Å². The Balaban J connectivity index is 2.64. The van der Waals surface area contributed by atoms with Gasteiger partial charge in [0.05, 0.1) is 6.26 Å². The highest BCUT2D eigenvalue weighted by Crippen LogP contribution is 2.21. The van der Waals surface area contributed by atoms with Gasteiger partial charge in [0.15, 0.2) is 0 Å². The summed E-state index contributed by atoms with van der Waals surface area (Å²) in [5.41, 5.74) is -1.26. The molecule has 0 saturated carbocycles. The fourth-order valence-corrected chi connectivity index (χ4v) is 3.42. The third-order valence-corrected chi connectivity index (χ3v) is 5.22. The Morgan fingerprint density at radius 1 is 1.33 bits per heavy atom. The Morgan fingerprint density at radius 2 is 1.86 bits per heavy atom. The van der Waals surface area contributed by atoms with Crippen LogP contribution in [0.5, 0.6) is 0 Å². The maximum Gasteiger partial charge on any atom is 0.329 e. The molecular weight excluding hydrogens is 296 g/mol. The van der Waals surface area contributed by atoms with Crippen molar-refractivity contribution >= 4 is 21.9 Å². The number of aliphatic carboxylic acids is 1. The normalized spacial score (nSPS) is 20.7. The summed E-state index contributed by atoms with van der Waals surface area (Å²) in [4.78, 5) is 23.5. The molecule has 1 aliphatic heterocycles. The minimum atomic E-state index is -3.22. The van der Waals surface area contributed by atoms with Gasteiger partial charge in [-0.1, -0.05) is 13.3 Å². The van der Waals surface area contributed by atoms with Gasteiger partial charge in [-0.25, -0.2) is 17.5 Å². The van der Waals surface area contributed by atoms with Crippen LogP contribution in [-0.2, 0) is 19.6 Å². The van der Waals surface area contributed by atoms with E-state index in [9.17, 15) is 23.1 Å². The van der Waals surface area contributed by atoms with Gasteiger partial charge in [-0.15, -0.1) is 0 Å². The first-order valence-electron chi connectivity index (χ1n) is 7.10. The van der Waals surface area contributed by atoms with Gasteiger partial charge >= 0.3 is 5.97 Å². The van der Waals surface area contributed by atoms with Gasteiger partial charge in [0.2, 0.25) is 15.9 Å². The summed E-state index contributed by atoms with van der Waals surface area (Å²) < 4.78 is 24.2. The molecule has 0 bridgehead atoms. The van der Waals surface area contributed by atoms with Gasteiger partial charge in [0.1, 0.15) is 5.54 Å². The van der Waals surface area contributed by atoms with E-state index in [0.29, 0.717) is 38.8 Å². The molecule has 1 heterocycles. The number of sulfonamides is 1. The first-order chi connectivity index (χ1) is 9.60. The molecule has 1 atom stereocenters. The minimum absolute atomic E-state index is 0.300. The number of hydrogen-bond donors (Lipinski definition) is 2. The molecule has 21 heavy (non-hydrogen) atoms. The highest BCUT2D eigenvalue weighted by Gasteiger charge is 2.37. The quantitative estimate of drug-likeness (QED) is 0.738. The standard InChI is InChI=1S/C13H24N2O5S/c1-4-7-13(2,12(17)18)14-11(16)10-5-8-15(9-6-10)21(3,19)20/h10H,4-9H2,1-3H3,(H,14,16)(H,17,18). The highest BCUT2D eigenvalue weighted by molar-refractivity contribution is 7.88. The molecular formula is C13H24N2O5S. The number of carbonyl (C=O) groups excluding carboxylic acids is 1. The summed E-state index contributed by atoms with van der Waals surface area (Å²) in [7, 11) is -3.22. The van der Waals surface area contributed by atoms with Gasteiger partial charge in [-0.05, 0) is 26.2 Å². The maximum absolute atomic E-state index is 12.2. The third-order valence-electron chi connectivity index (χ3n) is 3.91. The second kappa shape index (κ2) is 6.74. The van der Waals surface area contributed by atoms with Crippen LogP contribution in [-0.4, -0.2) is 54.6 Å². The largest absolute Gasteiger partial charge is 0.480 e. The molecule has 0 aromatic heterocycles. The lowest BCUT2D eigenvalue weighted by Crippen LogP contribution is -2.54. The number of carboxylic acid groups (broad SMARTS) is 1. The summed E-state index contributed by atoms with van der Waals surface area (Å²) in [5.74, 6) is -1.69. The number of piperidine rings is 1. The molecule has 1 rings (SSSR count). The van der Waals surface area contributed by atoms with Crippen LogP contribution in [0.4, 0.5) is 0 Å². The van der Waals surface area contributed by atoms with E-state index in [1.807, 2.05) is 6.92 Å². The average molecular weight is 320 g/mol. The van der Waals surface area contributed by atoms with E-state index in [4.69, 9.17) is 0 Å². The van der Waals surface area contributed by atoms with E-state index >= 15 is 0 Å². The maximum atomic E-state index is 12.2.